The van der Waals surface area contributed by atoms with Crippen molar-refractivity contribution in [2.45, 2.75) is 37.9 Å². The highest BCUT2D eigenvalue weighted by Gasteiger charge is 2.96. The van der Waals surface area contributed by atoms with Gasteiger partial charge in [0.25, 0.3) is 11.0 Å². The Kier molecular flexibility index (Phi) is 6.68. The Morgan fingerprint density at radius 3 is 2.81 bits per heavy atom. The monoisotopic (exact) mass is 595 g/mol. The van der Waals surface area contributed by atoms with Crippen LogP contribution in [0.1, 0.15) is 30.3 Å². The van der Waals surface area contributed by atoms with Gasteiger partial charge >= 0.3 is 6.03 Å². The van der Waals surface area contributed by atoms with Crippen LogP contribution in [0.25, 0.3) is 10.9 Å². The largest absolute Gasteiger partial charge is 0.491 e. The van der Waals surface area contributed by atoms with E-state index in [1.165, 1.54) is 11.3 Å². The van der Waals surface area contributed by atoms with Crippen LogP contribution in [-0.4, -0.2) is 103 Å². The number of nitrogens with zero attached hydrogens (tertiary/aromatic N) is 6. The Hall–Kier alpha value is -3.59. The molecule has 42 heavy (non-hydrogen) atoms. The van der Waals surface area contributed by atoms with Gasteiger partial charge in [0.05, 0.1) is 33.4 Å². The summed E-state index contributed by atoms with van der Waals surface area (Å²) in [5, 5.41) is 9.32. The van der Waals surface area contributed by atoms with Crippen molar-refractivity contribution in [3.8, 4) is 11.5 Å². The van der Waals surface area contributed by atoms with Gasteiger partial charge in [0, 0.05) is 50.5 Å². The highest BCUT2D eigenvalue weighted by molar-refractivity contribution is 7.14. The third kappa shape index (κ3) is 4.11. The van der Waals surface area contributed by atoms with Crippen LogP contribution in [0.15, 0.2) is 22.5 Å². The molecule has 0 spiro atoms. The minimum atomic E-state index is -0.504. The van der Waals surface area contributed by atoms with E-state index in [0.29, 0.717) is 41.8 Å². The number of aromatic nitrogens is 3. The summed E-state index contributed by atoms with van der Waals surface area (Å²) in [6, 6.07) is 3.99. The van der Waals surface area contributed by atoms with Crippen LogP contribution in [0.4, 0.5) is 15.7 Å². The molecule has 3 aromatic rings. The predicted molar refractivity (Wildman–Crippen MR) is 157 cm³/mol. The van der Waals surface area contributed by atoms with Gasteiger partial charge in [-0.15, -0.1) is 0 Å². The molecule has 13 nitrogen and oxygen atoms in total. The number of benzene rings is 1. The van der Waals surface area contributed by atoms with Crippen LogP contribution in [0, 0.1) is 0 Å². The van der Waals surface area contributed by atoms with Gasteiger partial charge in [-0.1, -0.05) is 11.3 Å². The van der Waals surface area contributed by atoms with Crippen molar-refractivity contribution >= 4 is 45.1 Å². The SMILES string of the molecule is CNC(=O)[N+]1(c2nc(C(=O)N=c3nc4c(OC)c(OCCCN5CCOCC5)ccc4c4n3CCN4)cs2)C2CC21C. The molecule has 2 N–H and O–H groups in total. The van der Waals surface area contributed by atoms with Crippen molar-refractivity contribution in [3.63, 3.8) is 0 Å². The molecule has 3 unspecified atom stereocenters. The van der Waals surface area contributed by atoms with Crippen LogP contribution < -0.4 is 30.2 Å². The number of hydrogen-bond donors (Lipinski definition) is 2. The third-order valence-corrected chi connectivity index (χ3v) is 9.94. The summed E-state index contributed by atoms with van der Waals surface area (Å²) in [5.41, 5.74) is 0.909. The number of methoxy groups -OCH3 is 1. The number of thiazole rings is 1. The summed E-state index contributed by atoms with van der Waals surface area (Å²) in [5.74, 6) is 1.42. The standard InChI is InChI=1S/C28H34N8O5S/c1-28-15-20(28)36(28,26(38)29-2)27-31-18(16-42-27)24(37)33-25-32-21-17(23-30-7-9-35(23)25)5-6-19(22(21)39-3)41-12-4-8-34-10-13-40-14-11-34/h5-6,16,20H,4,7-15H2,1-3H3,(H-,29,30,32,33,37,38)/p+1. The topological polar surface area (TPSA) is 132 Å². The van der Waals surface area contributed by atoms with E-state index >= 15 is 0 Å². The number of fused-ring (bicyclic) bond motifs is 4. The molecule has 1 aliphatic carbocycles. The highest BCUT2D eigenvalue weighted by Crippen LogP contribution is 2.71. The molecule has 3 atom stereocenters. The number of ether oxygens (including phenoxy) is 3. The van der Waals surface area contributed by atoms with E-state index in [4.69, 9.17) is 19.2 Å². The number of morpholine rings is 1. The summed E-state index contributed by atoms with van der Waals surface area (Å²) < 4.78 is 19.4. The second-order valence-corrected chi connectivity index (χ2v) is 12.1. The lowest BCUT2D eigenvalue weighted by Crippen LogP contribution is -2.51. The molecule has 3 aliphatic heterocycles. The van der Waals surface area contributed by atoms with E-state index in [2.05, 4.69) is 32.4 Å². The van der Waals surface area contributed by atoms with Gasteiger partial charge in [0.2, 0.25) is 5.62 Å². The number of anilines is 1. The Bertz CT molecular complexity index is 1650. The van der Waals surface area contributed by atoms with Gasteiger partial charge in [-0.05, 0) is 25.5 Å². The molecule has 0 radical (unpaired) electrons. The molecule has 3 fully saturated rings. The third-order valence-electron chi connectivity index (χ3n) is 9.00. The maximum atomic E-state index is 13.4. The van der Waals surface area contributed by atoms with Crippen molar-refractivity contribution in [3.05, 3.63) is 28.8 Å². The number of carbonyl (C=O) groups excluding carboxylic acids is 2. The van der Waals surface area contributed by atoms with Crippen molar-refractivity contribution in [2.75, 3.05) is 65.5 Å². The Morgan fingerprint density at radius 1 is 1.29 bits per heavy atom. The zero-order chi connectivity index (χ0) is 29.1. The van der Waals surface area contributed by atoms with E-state index in [0.717, 1.165) is 56.9 Å². The van der Waals surface area contributed by atoms with Crippen molar-refractivity contribution in [2.24, 2.45) is 4.99 Å². The average Bonchev–Trinajstić information content (AvgIpc) is 3.53. The van der Waals surface area contributed by atoms with Gasteiger partial charge in [-0.3, -0.25) is 14.3 Å². The molecular formula is C28H35N8O5S+. The molecule has 222 valence electrons. The Morgan fingerprint density at radius 2 is 2.10 bits per heavy atom. The molecule has 5 heterocycles. The van der Waals surface area contributed by atoms with Crippen LogP contribution >= 0.6 is 11.3 Å². The lowest BCUT2D eigenvalue weighted by atomic mass is 10.2. The summed E-state index contributed by atoms with van der Waals surface area (Å²) in [4.78, 5) is 42.3. The highest BCUT2D eigenvalue weighted by atomic mass is 32.1. The number of nitrogens with one attached hydrogen (secondary N) is 2. The van der Waals surface area contributed by atoms with Crippen LogP contribution in [0.3, 0.4) is 0 Å². The average molecular weight is 596 g/mol. The Labute approximate surface area is 246 Å². The molecule has 7 rings (SSSR count). The smallest absolute Gasteiger partial charge is 0.424 e. The van der Waals surface area contributed by atoms with Crippen LogP contribution in [0.5, 0.6) is 11.5 Å². The number of likely N-dealkylation sites (tertiary alicyclic amines) is 1. The molecule has 2 saturated heterocycles. The summed E-state index contributed by atoms with van der Waals surface area (Å²) in [6.07, 6.45) is 1.85. The fraction of sp³-hybridized carbons (Fsp3) is 0.536. The van der Waals surface area contributed by atoms with Crippen molar-refractivity contribution in [1.82, 2.24) is 29.2 Å². The molecule has 3 amide bonds. The van der Waals surface area contributed by atoms with Gasteiger partial charge < -0.3 is 24.8 Å². The van der Waals surface area contributed by atoms with Gasteiger partial charge in [-0.2, -0.15) is 14.5 Å². The van der Waals surface area contributed by atoms with Crippen LogP contribution in [-0.2, 0) is 11.3 Å². The quantitative estimate of drug-likeness (QED) is 0.228. The fourth-order valence-corrected chi connectivity index (χ4v) is 7.60. The lowest BCUT2D eigenvalue weighted by Gasteiger charge is -2.26. The molecule has 1 aromatic carbocycles. The number of rotatable bonds is 8. The van der Waals surface area contributed by atoms with E-state index in [1.807, 2.05) is 16.7 Å². The van der Waals surface area contributed by atoms with Crippen LogP contribution in [0.2, 0.25) is 0 Å². The molecule has 4 aliphatic rings. The second kappa shape index (κ2) is 10.3. The van der Waals surface area contributed by atoms with E-state index in [1.54, 1.807) is 19.5 Å². The first-order valence-electron chi connectivity index (χ1n) is 14.4. The first-order valence-corrected chi connectivity index (χ1v) is 15.2. The first kappa shape index (κ1) is 27.3. The molecule has 14 heteroatoms. The van der Waals surface area contributed by atoms with E-state index < -0.39 is 5.91 Å². The zero-order valence-electron chi connectivity index (χ0n) is 24.0. The fourth-order valence-electron chi connectivity index (χ4n) is 6.49. The summed E-state index contributed by atoms with van der Waals surface area (Å²) in [6.45, 7) is 8.31. The second-order valence-electron chi connectivity index (χ2n) is 11.3. The van der Waals surface area contributed by atoms with Gasteiger partial charge in [0.1, 0.15) is 17.0 Å². The minimum Gasteiger partial charge on any atom is -0.491 e. The molecule has 1 saturated carbocycles. The normalized spacial score (nSPS) is 26.4. The predicted octanol–water partition coefficient (Wildman–Crippen LogP) is 1.96. The summed E-state index contributed by atoms with van der Waals surface area (Å²) in [7, 11) is 3.22. The summed E-state index contributed by atoms with van der Waals surface area (Å²) >= 11 is 1.32. The zero-order valence-corrected chi connectivity index (χ0v) is 24.8. The molecule has 2 aromatic heterocycles. The minimum absolute atomic E-state index is 0.0964. The van der Waals surface area contributed by atoms with Crippen molar-refractivity contribution in [1.29, 1.82) is 0 Å². The molecule has 0 bridgehead atoms. The van der Waals surface area contributed by atoms with Gasteiger partial charge in [-0.25, -0.2) is 9.78 Å². The number of quaternary nitrogens is 1. The van der Waals surface area contributed by atoms with E-state index in [9.17, 15) is 9.59 Å². The lowest BCUT2D eigenvalue weighted by molar-refractivity contribution is 0.0357. The number of amides is 3. The number of urea groups is 1. The Balaban J connectivity index is 1.17. The van der Waals surface area contributed by atoms with Gasteiger partial charge in [0.15, 0.2) is 23.1 Å². The van der Waals surface area contributed by atoms with E-state index in [-0.39, 0.29) is 33.4 Å². The van der Waals surface area contributed by atoms with Crippen molar-refractivity contribution < 1.29 is 23.8 Å². The molecular weight excluding hydrogens is 560 g/mol. The first-order chi connectivity index (χ1) is 20.4. The maximum absolute atomic E-state index is 13.4. The maximum Gasteiger partial charge on any atom is 0.424 e. The number of hydrogen-bond acceptors (Lipinski definition) is 10. The number of carbonyl (C=O) groups is 2.